The Morgan fingerprint density at radius 1 is 0.793 bits per heavy atom. The molecule has 0 radical (unpaired) electrons. The highest BCUT2D eigenvalue weighted by molar-refractivity contribution is 6.04. The van der Waals surface area contributed by atoms with Crippen LogP contribution in [0.15, 0.2) is 94.0 Å². The molecular weight excluding hydrogens is 366 g/mol. The van der Waals surface area contributed by atoms with Crippen molar-refractivity contribution >= 4 is 22.7 Å². The molecule has 0 aliphatic heterocycles. The highest BCUT2D eigenvalue weighted by Gasteiger charge is 2.14. The quantitative estimate of drug-likeness (QED) is 0.451. The number of hydrogen-bond donors (Lipinski definition) is 1. The van der Waals surface area contributed by atoms with E-state index in [1.807, 2.05) is 36.4 Å². The van der Waals surface area contributed by atoms with Crippen LogP contribution < -0.4 is 5.32 Å². The lowest BCUT2D eigenvalue weighted by Crippen LogP contribution is -2.12. The number of nitrogens with zero attached hydrogens (tertiary/aromatic N) is 2. The minimum Gasteiger partial charge on any atom is -0.459 e. The van der Waals surface area contributed by atoms with Gasteiger partial charge in [0, 0.05) is 5.56 Å². The molecule has 2 heterocycles. The molecule has 0 saturated heterocycles. The maximum Gasteiger partial charge on any atom is 0.322 e. The van der Waals surface area contributed by atoms with Crippen molar-refractivity contribution in [3.8, 4) is 22.8 Å². The van der Waals surface area contributed by atoms with Crippen LogP contribution in [0, 0.1) is 0 Å². The minimum atomic E-state index is -0.331. The van der Waals surface area contributed by atoms with Crippen LogP contribution in [0.25, 0.3) is 33.6 Å². The molecule has 6 nitrogen and oxygen atoms in total. The summed E-state index contributed by atoms with van der Waals surface area (Å²) in [7, 11) is 0. The number of anilines is 1. The molecule has 5 aromatic rings. The Hall–Kier alpha value is -4.19. The lowest BCUT2D eigenvalue weighted by molar-refractivity contribution is 0.102. The van der Waals surface area contributed by atoms with Crippen molar-refractivity contribution in [1.29, 1.82) is 0 Å². The summed E-state index contributed by atoms with van der Waals surface area (Å²) < 4.78 is 10.6. The van der Waals surface area contributed by atoms with Gasteiger partial charge >= 0.3 is 6.01 Å². The van der Waals surface area contributed by atoms with Crippen LogP contribution in [0.5, 0.6) is 0 Å². The van der Waals surface area contributed by atoms with Crippen molar-refractivity contribution in [2.45, 2.75) is 0 Å². The average molecular weight is 381 g/mol. The maximum absolute atomic E-state index is 12.6. The predicted molar refractivity (Wildman–Crippen MR) is 109 cm³/mol. The van der Waals surface area contributed by atoms with E-state index in [-0.39, 0.29) is 17.8 Å². The van der Waals surface area contributed by atoms with Crippen molar-refractivity contribution in [3.63, 3.8) is 0 Å². The molecule has 0 spiro atoms. The van der Waals surface area contributed by atoms with Crippen molar-refractivity contribution < 1.29 is 13.6 Å². The molecule has 0 aliphatic rings. The van der Waals surface area contributed by atoms with Crippen molar-refractivity contribution in [1.82, 2.24) is 10.2 Å². The molecule has 29 heavy (non-hydrogen) atoms. The number of rotatable bonds is 4. The van der Waals surface area contributed by atoms with Crippen LogP contribution in [0.2, 0.25) is 0 Å². The van der Waals surface area contributed by atoms with Crippen molar-refractivity contribution in [2.24, 2.45) is 0 Å². The van der Waals surface area contributed by atoms with E-state index in [0.717, 1.165) is 16.5 Å². The summed E-state index contributed by atoms with van der Waals surface area (Å²) in [5.41, 5.74) is 2.48. The van der Waals surface area contributed by atoms with E-state index in [9.17, 15) is 4.79 Å². The van der Waals surface area contributed by atoms with Gasteiger partial charge in [0.25, 0.3) is 11.8 Å². The smallest absolute Gasteiger partial charge is 0.322 e. The van der Waals surface area contributed by atoms with Gasteiger partial charge in [-0.3, -0.25) is 10.1 Å². The first-order valence-corrected chi connectivity index (χ1v) is 9.04. The van der Waals surface area contributed by atoms with Crippen LogP contribution >= 0.6 is 0 Å². The number of nitrogens with one attached hydrogen (secondary N) is 1. The molecule has 0 atom stereocenters. The van der Waals surface area contributed by atoms with Gasteiger partial charge in [0.2, 0.25) is 0 Å². The third kappa shape index (κ3) is 3.39. The van der Waals surface area contributed by atoms with Crippen molar-refractivity contribution in [3.05, 3.63) is 90.7 Å². The Labute approximate surface area is 165 Å². The molecule has 1 amide bonds. The summed E-state index contributed by atoms with van der Waals surface area (Å²) in [6, 6.07) is 25.2. The van der Waals surface area contributed by atoms with E-state index < -0.39 is 0 Å². The standard InChI is InChI=1S/C23H15N3O3/c27-21(24-23-26-25-22(29-23)20-9-4-12-28-20)19-8-3-7-17(14-19)18-11-10-15-5-1-2-6-16(15)13-18/h1-14H,(H,24,26,27). The molecular formula is C23H15N3O3. The lowest BCUT2D eigenvalue weighted by atomic mass is 9.99. The molecule has 2 aromatic heterocycles. The lowest BCUT2D eigenvalue weighted by Gasteiger charge is -2.07. The largest absolute Gasteiger partial charge is 0.459 e. The minimum absolute atomic E-state index is 0.0116. The second kappa shape index (κ2) is 7.09. The summed E-state index contributed by atoms with van der Waals surface area (Å²) in [6.45, 7) is 0. The van der Waals surface area contributed by atoms with Gasteiger partial charge in [0.05, 0.1) is 6.26 Å². The Morgan fingerprint density at radius 2 is 1.66 bits per heavy atom. The average Bonchev–Trinajstić information content (AvgIpc) is 3.45. The van der Waals surface area contributed by atoms with E-state index in [1.165, 1.54) is 11.6 Å². The molecule has 0 saturated carbocycles. The Morgan fingerprint density at radius 3 is 2.52 bits per heavy atom. The summed E-state index contributed by atoms with van der Waals surface area (Å²) in [5, 5.41) is 12.7. The first-order chi connectivity index (χ1) is 14.3. The van der Waals surface area contributed by atoms with Gasteiger partial charge in [-0.25, -0.2) is 0 Å². The van der Waals surface area contributed by atoms with Gasteiger partial charge in [-0.15, -0.1) is 5.10 Å². The summed E-state index contributed by atoms with van der Waals surface area (Å²) in [4.78, 5) is 12.6. The second-order valence-corrected chi connectivity index (χ2v) is 6.49. The summed E-state index contributed by atoms with van der Waals surface area (Å²) in [6.07, 6.45) is 1.51. The Bertz CT molecular complexity index is 1310. The molecule has 0 fully saturated rings. The number of aromatic nitrogens is 2. The van der Waals surface area contributed by atoms with Gasteiger partial charge in [0.1, 0.15) is 0 Å². The monoisotopic (exact) mass is 381 g/mol. The molecule has 5 rings (SSSR count). The number of benzene rings is 3. The normalized spacial score (nSPS) is 10.9. The zero-order chi connectivity index (χ0) is 19.6. The van der Waals surface area contributed by atoms with Crippen LogP contribution in [-0.4, -0.2) is 16.1 Å². The molecule has 0 unspecified atom stereocenters. The Balaban J connectivity index is 1.39. The number of amides is 1. The summed E-state index contributed by atoms with van der Waals surface area (Å²) in [5.74, 6) is 0.314. The maximum atomic E-state index is 12.6. The second-order valence-electron chi connectivity index (χ2n) is 6.49. The van der Waals surface area contributed by atoms with Crippen LogP contribution in [0.3, 0.4) is 0 Å². The zero-order valence-corrected chi connectivity index (χ0v) is 15.2. The fraction of sp³-hybridized carbons (Fsp3) is 0. The number of carbonyl (C=O) groups excluding carboxylic acids is 1. The van der Waals surface area contributed by atoms with Gasteiger partial charge in [0.15, 0.2) is 5.76 Å². The molecule has 0 bridgehead atoms. The third-order valence-electron chi connectivity index (χ3n) is 4.58. The number of carbonyl (C=O) groups is 1. The first-order valence-electron chi connectivity index (χ1n) is 9.04. The summed E-state index contributed by atoms with van der Waals surface area (Å²) >= 11 is 0. The van der Waals surface area contributed by atoms with Gasteiger partial charge in [-0.05, 0) is 52.2 Å². The van der Waals surface area contributed by atoms with Crippen LogP contribution in [0.4, 0.5) is 6.01 Å². The molecule has 3 aromatic carbocycles. The van der Waals surface area contributed by atoms with Gasteiger partial charge < -0.3 is 8.83 Å². The zero-order valence-electron chi connectivity index (χ0n) is 15.2. The van der Waals surface area contributed by atoms with E-state index >= 15 is 0 Å². The van der Waals surface area contributed by atoms with E-state index in [1.54, 1.807) is 18.2 Å². The van der Waals surface area contributed by atoms with Crippen molar-refractivity contribution in [2.75, 3.05) is 5.32 Å². The van der Waals surface area contributed by atoms with Gasteiger partial charge in [-0.2, -0.15) is 0 Å². The third-order valence-corrected chi connectivity index (χ3v) is 4.58. The fourth-order valence-corrected chi connectivity index (χ4v) is 3.15. The SMILES string of the molecule is O=C(Nc1nnc(-c2ccco2)o1)c1cccc(-c2ccc3ccccc3c2)c1. The Kier molecular flexibility index (Phi) is 4.14. The number of furan rings is 1. The fourth-order valence-electron chi connectivity index (χ4n) is 3.15. The van der Waals surface area contributed by atoms with Crippen LogP contribution in [0.1, 0.15) is 10.4 Å². The molecule has 140 valence electrons. The molecule has 1 N–H and O–H groups in total. The number of fused-ring (bicyclic) bond motifs is 1. The highest BCUT2D eigenvalue weighted by atomic mass is 16.4. The van der Waals surface area contributed by atoms with E-state index in [2.05, 4.69) is 39.8 Å². The topological polar surface area (TPSA) is 81.2 Å². The number of hydrogen-bond acceptors (Lipinski definition) is 5. The van der Waals surface area contributed by atoms with E-state index in [0.29, 0.717) is 11.3 Å². The first kappa shape index (κ1) is 16.9. The molecule has 6 heteroatoms. The predicted octanol–water partition coefficient (Wildman–Crippen LogP) is 5.40. The van der Waals surface area contributed by atoms with Crippen LogP contribution in [-0.2, 0) is 0 Å². The van der Waals surface area contributed by atoms with Gasteiger partial charge in [-0.1, -0.05) is 53.6 Å². The molecule has 0 aliphatic carbocycles. The van der Waals surface area contributed by atoms with E-state index in [4.69, 9.17) is 8.83 Å². The highest BCUT2D eigenvalue weighted by Crippen LogP contribution is 2.26.